The van der Waals surface area contributed by atoms with Gasteiger partial charge in [0, 0.05) is 6.07 Å². The van der Waals surface area contributed by atoms with Gasteiger partial charge in [-0.1, -0.05) is 26.8 Å². The highest BCUT2D eigenvalue weighted by molar-refractivity contribution is 7.80. The Kier molecular flexibility index (Phi) is 6.22. The number of hydrogen-bond acceptors (Lipinski definition) is 5. The van der Waals surface area contributed by atoms with Crippen molar-refractivity contribution in [3.05, 3.63) is 52.1 Å². The highest BCUT2D eigenvalue weighted by Crippen LogP contribution is 2.32. The number of benzene rings is 2. The molecular weight excluding hydrogens is 366 g/mol. The van der Waals surface area contributed by atoms with Crippen LogP contribution in [0.4, 0.5) is 17.1 Å². The minimum Gasteiger partial charge on any atom is -0.495 e. The van der Waals surface area contributed by atoms with E-state index in [1.807, 2.05) is 18.2 Å². The fourth-order valence-electron chi connectivity index (χ4n) is 2.44. The summed E-state index contributed by atoms with van der Waals surface area (Å²) in [4.78, 5) is 10.4. The van der Waals surface area contributed by atoms with Crippen LogP contribution < -0.4 is 20.1 Å². The van der Waals surface area contributed by atoms with Crippen LogP contribution in [0, 0.1) is 10.1 Å². The molecule has 8 heteroatoms. The van der Waals surface area contributed by atoms with Crippen molar-refractivity contribution in [3.8, 4) is 11.5 Å². The molecule has 7 nitrogen and oxygen atoms in total. The van der Waals surface area contributed by atoms with E-state index in [0.29, 0.717) is 22.3 Å². The molecule has 0 aliphatic rings. The van der Waals surface area contributed by atoms with Gasteiger partial charge in [-0.15, -0.1) is 0 Å². The van der Waals surface area contributed by atoms with Gasteiger partial charge in [-0.2, -0.15) is 0 Å². The molecule has 144 valence electrons. The molecule has 2 rings (SSSR count). The van der Waals surface area contributed by atoms with E-state index in [4.69, 9.17) is 21.7 Å². The lowest BCUT2D eigenvalue weighted by Gasteiger charge is -2.22. The minimum atomic E-state index is -0.480. The zero-order valence-electron chi connectivity index (χ0n) is 16.0. The Bertz CT molecular complexity index is 863. The molecule has 0 amide bonds. The standard InChI is InChI=1S/C19H23N3O4S/c1-19(2,3)12-6-9-16(25-4)15(10-12)21-18(27)20-14-8-7-13(22(23)24)11-17(14)26-5/h6-11H,1-5H3,(H2,20,21,27). The van der Waals surface area contributed by atoms with Crippen LogP contribution in [0.25, 0.3) is 0 Å². The van der Waals surface area contributed by atoms with E-state index in [1.165, 1.54) is 19.2 Å². The van der Waals surface area contributed by atoms with Crippen LogP contribution in [-0.2, 0) is 5.41 Å². The van der Waals surface area contributed by atoms with Crippen LogP contribution in [-0.4, -0.2) is 24.3 Å². The van der Waals surface area contributed by atoms with Crippen LogP contribution in [0.1, 0.15) is 26.3 Å². The smallest absolute Gasteiger partial charge is 0.273 e. The average Bonchev–Trinajstić information content (AvgIpc) is 2.60. The molecule has 0 saturated carbocycles. The fraction of sp³-hybridized carbons (Fsp3) is 0.316. The summed E-state index contributed by atoms with van der Waals surface area (Å²) in [5.74, 6) is 0.978. The van der Waals surface area contributed by atoms with E-state index in [1.54, 1.807) is 13.2 Å². The van der Waals surface area contributed by atoms with Gasteiger partial charge in [-0.3, -0.25) is 10.1 Å². The van der Waals surface area contributed by atoms with Crippen LogP contribution in [0.3, 0.4) is 0 Å². The highest BCUT2D eigenvalue weighted by Gasteiger charge is 2.17. The topological polar surface area (TPSA) is 85.7 Å². The summed E-state index contributed by atoms with van der Waals surface area (Å²) in [5.41, 5.74) is 2.28. The Morgan fingerprint density at radius 1 is 1.00 bits per heavy atom. The van der Waals surface area contributed by atoms with Crippen molar-refractivity contribution in [1.82, 2.24) is 0 Å². The average molecular weight is 389 g/mol. The second kappa shape index (κ2) is 8.22. The summed E-state index contributed by atoms with van der Waals surface area (Å²) in [6.45, 7) is 6.37. The molecular formula is C19H23N3O4S. The van der Waals surface area contributed by atoms with Crippen molar-refractivity contribution in [1.29, 1.82) is 0 Å². The summed E-state index contributed by atoms with van der Waals surface area (Å²) in [7, 11) is 3.03. The predicted octanol–water partition coefficient (Wildman–Crippen LogP) is 4.72. The molecule has 0 atom stereocenters. The van der Waals surface area contributed by atoms with Gasteiger partial charge in [0.2, 0.25) is 0 Å². The van der Waals surface area contributed by atoms with E-state index < -0.39 is 4.92 Å². The SMILES string of the molecule is COc1ccc(C(C)(C)C)cc1NC(=S)Nc1ccc([N+](=O)[O-])cc1OC. The number of nitro benzene ring substituents is 1. The highest BCUT2D eigenvalue weighted by atomic mass is 32.1. The van der Waals surface area contributed by atoms with E-state index in [2.05, 4.69) is 31.4 Å². The molecule has 0 aliphatic carbocycles. The number of nitro groups is 1. The number of anilines is 2. The third kappa shape index (κ3) is 5.07. The first-order valence-electron chi connectivity index (χ1n) is 8.24. The first-order chi connectivity index (χ1) is 12.7. The fourth-order valence-corrected chi connectivity index (χ4v) is 2.66. The summed E-state index contributed by atoms with van der Waals surface area (Å²) in [6, 6.07) is 10.2. The Balaban J connectivity index is 2.24. The van der Waals surface area contributed by atoms with Crippen LogP contribution >= 0.6 is 12.2 Å². The molecule has 2 aromatic carbocycles. The number of nitrogens with one attached hydrogen (secondary N) is 2. The lowest BCUT2D eigenvalue weighted by Crippen LogP contribution is -2.20. The molecule has 0 spiro atoms. The normalized spacial score (nSPS) is 10.9. The Morgan fingerprint density at radius 3 is 2.19 bits per heavy atom. The van der Waals surface area contributed by atoms with Crippen molar-refractivity contribution >= 4 is 34.4 Å². The molecule has 2 N–H and O–H groups in total. The van der Waals surface area contributed by atoms with Gasteiger partial charge in [-0.25, -0.2) is 0 Å². The first-order valence-corrected chi connectivity index (χ1v) is 8.65. The molecule has 0 aliphatic heterocycles. The van der Waals surface area contributed by atoms with E-state index in [9.17, 15) is 10.1 Å². The Morgan fingerprint density at radius 2 is 1.63 bits per heavy atom. The van der Waals surface area contributed by atoms with Gasteiger partial charge in [0.25, 0.3) is 5.69 Å². The first kappa shape index (κ1) is 20.4. The molecule has 0 bridgehead atoms. The minimum absolute atomic E-state index is 0.0284. The number of thiocarbonyl (C=S) groups is 1. The number of hydrogen-bond donors (Lipinski definition) is 2. The summed E-state index contributed by atoms with van der Waals surface area (Å²) >= 11 is 5.39. The number of rotatable bonds is 5. The summed E-state index contributed by atoms with van der Waals surface area (Å²) < 4.78 is 10.6. The molecule has 27 heavy (non-hydrogen) atoms. The van der Waals surface area contributed by atoms with Crippen molar-refractivity contribution < 1.29 is 14.4 Å². The van der Waals surface area contributed by atoms with Gasteiger partial charge >= 0.3 is 0 Å². The maximum Gasteiger partial charge on any atom is 0.273 e. The van der Waals surface area contributed by atoms with Crippen LogP contribution in [0.2, 0.25) is 0 Å². The monoisotopic (exact) mass is 389 g/mol. The maximum absolute atomic E-state index is 10.9. The van der Waals surface area contributed by atoms with Gasteiger partial charge in [0.1, 0.15) is 11.5 Å². The second-order valence-electron chi connectivity index (χ2n) is 6.89. The maximum atomic E-state index is 10.9. The van der Waals surface area contributed by atoms with Crippen molar-refractivity contribution in [2.24, 2.45) is 0 Å². The number of ether oxygens (including phenoxy) is 2. The van der Waals surface area contributed by atoms with Gasteiger partial charge in [0.05, 0.1) is 36.6 Å². The van der Waals surface area contributed by atoms with Crippen molar-refractivity contribution in [2.75, 3.05) is 24.9 Å². The lowest BCUT2D eigenvalue weighted by molar-refractivity contribution is -0.384. The molecule has 0 aromatic heterocycles. The second-order valence-corrected chi connectivity index (χ2v) is 7.29. The van der Waals surface area contributed by atoms with E-state index in [-0.39, 0.29) is 11.1 Å². The predicted molar refractivity (Wildman–Crippen MR) is 111 cm³/mol. The Hall–Kier alpha value is -2.87. The number of nitrogens with zero attached hydrogens (tertiary/aromatic N) is 1. The zero-order chi connectivity index (χ0) is 20.2. The van der Waals surface area contributed by atoms with E-state index >= 15 is 0 Å². The third-order valence-corrected chi connectivity index (χ3v) is 4.16. The van der Waals surface area contributed by atoms with Gasteiger partial charge < -0.3 is 20.1 Å². The van der Waals surface area contributed by atoms with Crippen molar-refractivity contribution in [2.45, 2.75) is 26.2 Å². The molecule has 0 fully saturated rings. The lowest BCUT2D eigenvalue weighted by atomic mass is 9.87. The molecule has 0 unspecified atom stereocenters. The summed E-state index contributed by atoms with van der Waals surface area (Å²) in [6.07, 6.45) is 0. The van der Waals surface area contributed by atoms with E-state index in [0.717, 1.165) is 11.3 Å². The Labute approximate surface area is 163 Å². The number of methoxy groups -OCH3 is 2. The largest absolute Gasteiger partial charge is 0.495 e. The van der Waals surface area contributed by atoms with Crippen LogP contribution in [0.15, 0.2) is 36.4 Å². The molecule has 0 radical (unpaired) electrons. The quantitative estimate of drug-likeness (QED) is 0.435. The number of non-ortho nitro benzene ring substituents is 1. The van der Waals surface area contributed by atoms with Gasteiger partial charge in [0.15, 0.2) is 5.11 Å². The molecule has 0 saturated heterocycles. The zero-order valence-corrected chi connectivity index (χ0v) is 16.8. The van der Waals surface area contributed by atoms with Crippen molar-refractivity contribution in [3.63, 3.8) is 0 Å². The van der Waals surface area contributed by atoms with Gasteiger partial charge in [-0.05, 0) is 41.4 Å². The van der Waals surface area contributed by atoms with Crippen LogP contribution in [0.5, 0.6) is 11.5 Å². The summed E-state index contributed by atoms with van der Waals surface area (Å²) in [5, 5.41) is 17.3. The molecule has 0 heterocycles. The third-order valence-electron chi connectivity index (χ3n) is 3.96. The molecule has 2 aromatic rings.